The maximum atomic E-state index is 12.7. The zero-order valence-electron chi connectivity index (χ0n) is 14.9. The normalized spacial score (nSPS) is 21.9. The highest BCUT2D eigenvalue weighted by atomic mass is 16.5. The van der Waals surface area contributed by atoms with Crippen molar-refractivity contribution < 1.29 is 13.9 Å². The molecule has 5 nitrogen and oxygen atoms in total. The van der Waals surface area contributed by atoms with Crippen LogP contribution in [0.2, 0.25) is 0 Å². The van der Waals surface area contributed by atoms with Gasteiger partial charge in [-0.05, 0) is 19.1 Å². The largest absolute Gasteiger partial charge is 0.490 e. The molecule has 1 aliphatic rings. The molecular weight excluding hydrogens is 304 g/mol. The maximum Gasteiger partial charge on any atom is 0.291 e. The summed E-state index contributed by atoms with van der Waals surface area (Å²) in [6.07, 6.45) is 0.883. The molecule has 1 aliphatic carbocycles. The molecule has 5 heteroatoms. The van der Waals surface area contributed by atoms with Crippen LogP contribution in [-0.2, 0) is 0 Å². The van der Waals surface area contributed by atoms with E-state index in [1.807, 2.05) is 37.4 Å². The third kappa shape index (κ3) is 2.79. The number of hydrogen-bond donors (Lipinski definition) is 0. The molecule has 1 heterocycles. The second-order valence-electron chi connectivity index (χ2n) is 7.06. The number of carbonyl (C=O) groups excluding carboxylic acids is 1. The Kier molecular flexibility index (Phi) is 4.11. The molecule has 1 aromatic carbocycles. The van der Waals surface area contributed by atoms with Crippen molar-refractivity contribution >= 4 is 5.91 Å². The van der Waals surface area contributed by atoms with Crippen molar-refractivity contribution in [2.24, 2.45) is 5.41 Å². The lowest BCUT2D eigenvalue weighted by Crippen LogP contribution is -2.63. The van der Waals surface area contributed by atoms with E-state index in [1.165, 1.54) is 0 Å². The third-order valence-corrected chi connectivity index (χ3v) is 5.03. The van der Waals surface area contributed by atoms with Crippen LogP contribution in [0.1, 0.15) is 42.4 Å². The summed E-state index contributed by atoms with van der Waals surface area (Å²) >= 11 is 0. The Balaban J connectivity index is 1.70. The highest BCUT2D eigenvalue weighted by Crippen LogP contribution is 2.46. The van der Waals surface area contributed by atoms with Crippen LogP contribution in [0.25, 0.3) is 0 Å². The van der Waals surface area contributed by atoms with E-state index in [0.29, 0.717) is 17.3 Å². The fourth-order valence-electron chi connectivity index (χ4n) is 3.42. The van der Waals surface area contributed by atoms with Gasteiger partial charge in [-0.25, -0.2) is 4.98 Å². The summed E-state index contributed by atoms with van der Waals surface area (Å²) in [4.78, 5) is 18.7. The average molecular weight is 328 g/mol. The van der Waals surface area contributed by atoms with Gasteiger partial charge in [0.25, 0.3) is 5.91 Å². The van der Waals surface area contributed by atoms with Crippen LogP contribution in [0.5, 0.6) is 5.75 Å². The zero-order valence-corrected chi connectivity index (χ0v) is 14.9. The summed E-state index contributed by atoms with van der Waals surface area (Å²) in [6.45, 7) is 7.82. The first-order chi connectivity index (χ1) is 11.3. The van der Waals surface area contributed by atoms with Crippen molar-refractivity contribution in [1.82, 2.24) is 9.88 Å². The fraction of sp³-hybridized carbons (Fsp3) is 0.474. The summed E-state index contributed by atoms with van der Waals surface area (Å²) in [5.74, 6) is 1.59. The quantitative estimate of drug-likeness (QED) is 0.860. The second-order valence-corrected chi connectivity index (χ2v) is 7.06. The number of rotatable bonds is 4. The standard InChI is InChI=1S/C19H24N2O3/c1-12-17(23-13(2)20-12)18(22)21(5)15-11-16(19(15,3)4)24-14-9-7-6-8-10-14/h6-10,15-16H,11H2,1-5H3/t15-,16-/m0/s1. The molecule has 0 N–H and O–H groups in total. The van der Waals surface area contributed by atoms with E-state index in [2.05, 4.69) is 18.8 Å². The molecule has 128 valence electrons. The van der Waals surface area contributed by atoms with Gasteiger partial charge < -0.3 is 14.1 Å². The summed E-state index contributed by atoms with van der Waals surface area (Å²) in [7, 11) is 1.82. The Hall–Kier alpha value is -2.30. The summed E-state index contributed by atoms with van der Waals surface area (Å²) in [5, 5.41) is 0. The average Bonchev–Trinajstić information content (AvgIpc) is 2.89. The van der Waals surface area contributed by atoms with E-state index in [0.717, 1.165) is 12.2 Å². The van der Waals surface area contributed by atoms with E-state index in [4.69, 9.17) is 9.15 Å². The van der Waals surface area contributed by atoms with E-state index in [-0.39, 0.29) is 23.5 Å². The van der Waals surface area contributed by atoms with E-state index >= 15 is 0 Å². The maximum absolute atomic E-state index is 12.7. The van der Waals surface area contributed by atoms with E-state index in [1.54, 1.807) is 18.7 Å². The molecule has 24 heavy (non-hydrogen) atoms. The van der Waals surface area contributed by atoms with Gasteiger partial charge in [0.2, 0.25) is 5.76 Å². The van der Waals surface area contributed by atoms with Gasteiger partial charge in [0.05, 0.1) is 5.69 Å². The van der Waals surface area contributed by atoms with Gasteiger partial charge in [0.15, 0.2) is 5.89 Å². The molecule has 2 atom stereocenters. The molecule has 3 rings (SSSR count). The van der Waals surface area contributed by atoms with Crippen molar-refractivity contribution in [2.45, 2.75) is 46.3 Å². The van der Waals surface area contributed by atoms with E-state index in [9.17, 15) is 4.79 Å². The van der Waals surface area contributed by atoms with Crippen molar-refractivity contribution in [3.8, 4) is 5.75 Å². The minimum Gasteiger partial charge on any atom is -0.490 e. The lowest BCUT2D eigenvalue weighted by atomic mass is 9.63. The lowest BCUT2D eigenvalue weighted by molar-refractivity contribution is -0.0891. The predicted molar refractivity (Wildman–Crippen MR) is 91.1 cm³/mol. The Labute approximate surface area is 142 Å². The highest BCUT2D eigenvalue weighted by molar-refractivity contribution is 5.92. The molecule has 1 fully saturated rings. The van der Waals surface area contributed by atoms with Crippen molar-refractivity contribution in [3.05, 3.63) is 47.7 Å². The number of benzene rings is 1. The van der Waals surface area contributed by atoms with Gasteiger partial charge in [-0.2, -0.15) is 0 Å². The first kappa shape index (κ1) is 16.6. The second kappa shape index (κ2) is 5.96. The van der Waals surface area contributed by atoms with Crippen LogP contribution in [-0.4, -0.2) is 35.0 Å². The molecule has 0 aliphatic heterocycles. The molecule has 1 aromatic heterocycles. The van der Waals surface area contributed by atoms with Gasteiger partial charge in [-0.15, -0.1) is 0 Å². The van der Waals surface area contributed by atoms with Crippen LogP contribution >= 0.6 is 0 Å². The minimum atomic E-state index is -0.136. The van der Waals surface area contributed by atoms with Gasteiger partial charge in [-0.1, -0.05) is 32.0 Å². The first-order valence-corrected chi connectivity index (χ1v) is 8.23. The van der Waals surface area contributed by atoms with E-state index < -0.39 is 0 Å². The smallest absolute Gasteiger partial charge is 0.291 e. The summed E-state index contributed by atoms with van der Waals surface area (Å²) in [5.41, 5.74) is 0.502. The first-order valence-electron chi connectivity index (χ1n) is 8.23. The van der Waals surface area contributed by atoms with Crippen LogP contribution in [0, 0.1) is 19.3 Å². The lowest BCUT2D eigenvalue weighted by Gasteiger charge is -2.54. The number of carbonyl (C=O) groups is 1. The number of ether oxygens (including phenoxy) is 1. The minimum absolute atomic E-state index is 0.0812. The molecule has 1 amide bonds. The monoisotopic (exact) mass is 328 g/mol. The van der Waals surface area contributed by atoms with Gasteiger partial charge in [0.1, 0.15) is 11.9 Å². The van der Waals surface area contributed by atoms with Crippen LogP contribution in [0.3, 0.4) is 0 Å². The van der Waals surface area contributed by atoms with Crippen LogP contribution < -0.4 is 4.74 Å². The highest BCUT2D eigenvalue weighted by Gasteiger charge is 2.53. The Morgan fingerprint density at radius 2 is 1.96 bits per heavy atom. The number of aromatic nitrogens is 1. The molecule has 0 unspecified atom stereocenters. The molecular formula is C19H24N2O3. The fourth-order valence-corrected chi connectivity index (χ4v) is 3.42. The van der Waals surface area contributed by atoms with Crippen molar-refractivity contribution in [2.75, 3.05) is 7.05 Å². The third-order valence-electron chi connectivity index (χ3n) is 5.03. The summed E-state index contributed by atoms with van der Waals surface area (Å²) < 4.78 is 11.6. The number of aryl methyl sites for hydroxylation is 2. The summed E-state index contributed by atoms with van der Waals surface area (Å²) in [6, 6.07) is 9.91. The number of hydrogen-bond acceptors (Lipinski definition) is 4. The Morgan fingerprint density at radius 1 is 1.29 bits per heavy atom. The molecule has 0 bridgehead atoms. The molecule has 0 radical (unpaired) electrons. The van der Waals surface area contributed by atoms with Crippen molar-refractivity contribution in [3.63, 3.8) is 0 Å². The number of oxazole rings is 1. The molecule has 1 saturated carbocycles. The topological polar surface area (TPSA) is 55.6 Å². The van der Waals surface area contributed by atoms with Crippen LogP contribution in [0.4, 0.5) is 0 Å². The van der Waals surface area contributed by atoms with Crippen LogP contribution in [0.15, 0.2) is 34.7 Å². The zero-order chi connectivity index (χ0) is 17.5. The van der Waals surface area contributed by atoms with Crippen molar-refractivity contribution in [1.29, 1.82) is 0 Å². The number of amides is 1. The number of para-hydroxylation sites is 1. The number of nitrogens with zero attached hydrogens (tertiary/aromatic N) is 2. The molecule has 2 aromatic rings. The van der Waals surface area contributed by atoms with Gasteiger partial charge in [0, 0.05) is 31.8 Å². The molecule has 0 saturated heterocycles. The predicted octanol–water partition coefficient (Wildman–Crippen LogP) is 3.61. The van der Waals surface area contributed by atoms with Gasteiger partial charge in [-0.3, -0.25) is 4.79 Å². The molecule has 0 spiro atoms. The SMILES string of the molecule is Cc1nc(C)c(C(=O)N(C)[C@H]2C[C@H](Oc3ccccc3)C2(C)C)o1. The Bertz CT molecular complexity index is 736. The Morgan fingerprint density at radius 3 is 2.50 bits per heavy atom. The van der Waals surface area contributed by atoms with Gasteiger partial charge >= 0.3 is 0 Å².